The molecule has 2 heterocycles. The number of alkyl halides is 3. The lowest BCUT2D eigenvalue weighted by molar-refractivity contribution is -0.138. The van der Waals surface area contributed by atoms with Crippen LogP contribution in [0.2, 0.25) is 0 Å². The van der Waals surface area contributed by atoms with E-state index in [4.69, 9.17) is 5.73 Å². The van der Waals surface area contributed by atoms with E-state index < -0.39 is 45.7 Å². The van der Waals surface area contributed by atoms with Crippen LogP contribution in [-0.2, 0) is 12.7 Å². The number of aromatic nitrogens is 3. The fourth-order valence-electron chi connectivity index (χ4n) is 3.07. The molecule has 0 aliphatic rings. The molecule has 2 aromatic heterocycles. The van der Waals surface area contributed by atoms with E-state index >= 15 is 0 Å². The summed E-state index contributed by atoms with van der Waals surface area (Å²) in [4.78, 5) is 19.6. The molecule has 10 heteroatoms. The maximum atomic E-state index is 14.7. The van der Waals surface area contributed by atoms with Gasteiger partial charge >= 0.3 is 6.18 Å². The minimum atomic E-state index is -4.66. The first-order valence-corrected chi connectivity index (χ1v) is 9.22. The van der Waals surface area contributed by atoms with Gasteiger partial charge in [-0.3, -0.25) is 4.79 Å². The van der Waals surface area contributed by atoms with Gasteiger partial charge in [-0.2, -0.15) is 13.2 Å². The highest BCUT2D eigenvalue weighted by atomic mass is 19.4. The number of fused-ring (bicyclic) bond motifs is 1. The van der Waals surface area contributed by atoms with Crippen molar-refractivity contribution in [2.75, 3.05) is 0 Å². The van der Waals surface area contributed by atoms with Crippen LogP contribution in [0, 0.1) is 23.5 Å². The molecule has 3 aromatic rings. The van der Waals surface area contributed by atoms with E-state index in [1.54, 1.807) is 6.92 Å². The Labute approximate surface area is 173 Å². The summed E-state index contributed by atoms with van der Waals surface area (Å²) in [5.74, 6) is 2.22. The first kappa shape index (κ1) is 22.4. The monoisotopic (exact) mass is 436 g/mol. The van der Waals surface area contributed by atoms with Crippen molar-refractivity contribution in [1.82, 2.24) is 14.5 Å². The zero-order valence-corrected chi connectivity index (χ0v) is 16.3. The van der Waals surface area contributed by atoms with Crippen molar-refractivity contribution in [3.8, 4) is 23.2 Å². The van der Waals surface area contributed by atoms with Crippen LogP contribution >= 0.6 is 0 Å². The molecule has 2 N–H and O–H groups in total. The second kappa shape index (κ2) is 8.81. The van der Waals surface area contributed by atoms with Crippen molar-refractivity contribution < 1.29 is 22.0 Å². The lowest BCUT2D eigenvalue weighted by atomic mass is 10.1. The number of nitrogens with zero attached hydrogens (tertiary/aromatic N) is 3. The molecule has 31 heavy (non-hydrogen) atoms. The molecule has 0 saturated heterocycles. The number of rotatable bonds is 5. The number of aryl methyl sites for hydroxylation is 1. The predicted molar refractivity (Wildman–Crippen MR) is 105 cm³/mol. The van der Waals surface area contributed by atoms with Crippen molar-refractivity contribution in [3.05, 3.63) is 58.3 Å². The highest BCUT2D eigenvalue weighted by molar-refractivity contribution is 5.86. The standard InChI is InChI=1S/C21H17F5N4O/c1-2-4-14(27)5-3-7-30-8-6-12-9-15(17(22)18(23)16(12)20(30)31)19-28-10-13(11-29-19)21(24,25)26/h6,8-11,14H,3,5,7,27H2,1H3/t14-/m0/s1. The topological polar surface area (TPSA) is 73.8 Å². The molecule has 0 saturated carbocycles. The molecular formula is C21H17F5N4O. The largest absolute Gasteiger partial charge is 0.419 e. The summed E-state index contributed by atoms with van der Waals surface area (Å²) in [5.41, 5.74) is 3.48. The van der Waals surface area contributed by atoms with E-state index in [0.29, 0.717) is 25.2 Å². The van der Waals surface area contributed by atoms with Gasteiger partial charge in [0.05, 0.1) is 22.6 Å². The van der Waals surface area contributed by atoms with E-state index in [1.807, 2.05) is 0 Å². The molecule has 1 atom stereocenters. The lowest BCUT2D eigenvalue weighted by Gasteiger charge is -2.11. The fraction of sp³-hybridized carbons (Fsp3) is 0.286. The van der Waals surface area contributed by atoms with Crippen LogP contribution in [0.15, 0.2) is 35.5 Å². The zero-order chi connectivity index (χ0) is 22.8. The van der Waals surface area contributed by atoms with Crippen LogP contribution in [0.25, 0.3) is 22.2 Å². The quantitative estimate of drug-likeness (QED) is 0.487. The predicted octanol–water partition coefficient (Wildman–Crippen LogP) is 3.89. The molecule has 0 aliphatic heterocycles. The minimum Gasteiger partial charge on any atom is -0.318 e. The molecule has 0 unspecified atom stereocenters. The molecule has 0 bridgehead atoms. The molecule has 0 amide bonds. The SMILES string of the molecule is CC#C[C@H](N)CCCn1ccc2cc(-c3ncc(C(F)(F)F)cn3)c(F)c(F)c2c1=O. The zero-order valence-electron chi connectivity index (χ0n) is 16.3. The Bertz CT molecular complexity index is 1220. The summed E-state index contributed by atoms with van der Waals surface area (Å²) in [6.45, 7) is 1.90. The van der Waals surface area contributed by atoms with Gasteiger partial charge in [0.1, 0.15) is 0 Å². The summed E-state index contributed by atoms with van der Waals surface area (Å²) < 4.78 is 68.6. The Morgan fingerprint density at radius 2 is 1.87 bits per heavy atom. The molecule has 1 aromatic carbocycles. The van der Waals surface area contributed by atoms with E-state index in [9.17, 15) is 26.7 Å². The fourth-order valence-corrected chi connectivity index (χ4v) is 3.07. The molecule has 0 fully saturated rings. The maximum absolute atomic E-state index is 14.7. The van der Waals surface area contributed by atoms with Gasteiger partial charge in [-0.15, -0.1) is 5.92 Å². The van der Waals surface area contributed by atoms with Gasteiger partial charge in [0.25, 0.3) is 5.56 Å². The highest BCUT2D eigenvalue weighted by Crippen LogP contribution is 2.30. The van der Waals surface area contributed by atoms with Crippen molar-refractivity contribution in [2.24, 2.45) is 5.73 Å². The van der Waals surface area contributed by atoms with Gasteiger partial charge in [0, 0.05) is 25.1 Å². The lowest BCUT2D eigenvalue weighted by Crippen LogP contribution is -2.23. The van der Waals surface area contributed by atoms with Crippen LogP contribution in [0.5, 0.6) is 0 Å². The first-order valence-electron chi connectivity index (χ1n) is 9.22. The van der Waals surface area contributed by atoms with Gasteiger partial charge in [-0.1, -0.05) is 5.92 Å². The average Bonchev–Trinajstić information content (AvgIpc) is 2.71. The third-order valence-corrected chi connectivity index (χ3v) is 4.61. The van der Waals surface area contributed by atoms with Crippen LogP contribution in [0.4, 0.5) is 22.0 Å². The average molecular weight is 436 g/mol. The van der Waals surface area contributed by atoms with E-state index in [1.165, 1.54) is 16.8 Å². The Morgan fingerprint density at radius 3 is 2.48 bits per heavy atom. The molecule has 3 rings (SSSR count). The van der Waals surface area contributed by atoms with Crippen molar-refractivity contribution in [1.29, 1.82) is 0 Å². The second-order valence-electron chi connectivity index (χ2n) is 6.77. The second-order valence-corrected chi connectivity index (χ2v) is 6.77. The van der Waals surface area contributed by atoms with Crippen LogP contribution in [0.1, 0.15) is 25.3 Å². The highest BCUT2D eigenvalue weighted by Gasteiger charge is 2.31. The maximum Gasteiger partial charge on any atom is 0.419 e. The number of hydrogen-bond acceptors (Lipinski definition) is 4. The van der Waals surface area contributed by atoms with E-state index in [-0.39, 0.29) is 18.0 Å². The number of pyridine rings is 1. The Morgan fingerprint density at radius 1 is 1.19 bits per heavy atom. The third kappa shape index (κ3) is 4.72. The van der Waals surface area contributed by atoms with Crippen molar-refractivity contribution in [2.45, 2.75) is 38.5 Å². The van der Waals surface area contributed by atoms with Crippen LogP contribution < -0.4 is 11.3 Å². The summed E-state index contributed by atoms with van der Waals surface area (Å²) in [5, 5.41) is -0.388. The Kier molecular flexibility index (Phi) is 6.36. The normalized spacial score (nSPS) is 12.5. The van der Waals surface area contributed by atoms with Crippen molar-refractivity contribution in [3.63, 3.8) is 0 Å². The molecule has 5 nitrogen and oxygen atoms in total. The molecule has 0 aliphatic carbocycles. The van der Waals surface area contributed by atoms with Gasteiger partial charge in [0.15, 0.2) is 17.5 Å². The Hall–Kier alpha value is -3.32. The van der Waals surface area contributed by atoms with Gasteiger partial charge in [0.2, 0.25) is 0 Å². The van der Waals surface area contributed by atoms with Gasteiger partial charge < -0.3 is 10.3 Å². The Balaban J connectivity index is 1.97. The van der Waals surface area contributed by atoms with E-state index in [2.05, 4.69) is 21.8 Å². The third-order valence-electron chi connectivity index (χ3n) is 4.61. The van der Waals surface area contributed by atoms with Gasteiger partial charge in [-0.05, 0) is 37.3 Å². The summed E-state index contributed by atoms with van der Waals surface area (Å²) in [6, 6.07) is 2.20. The van der Waals surface area contributed by atoms with Crippen LogP contribution in [0.3, 0.4) is 0 Å². The van der Waals surface area contributed by atoms with E-state index in [0.717, 1.165) is 6.07 Å². The number of hydrogen-bond donors (Lipinski definition) is 1. The molecule has 0 radical (unpaired) electrons. The van der Waals surface area contributed by atoms with Crippen LogP contribution in [-0.4, -0.2) is 20.6 Å². The summed E-state index contributed by atoms with van der Waals surface area (Å²) in [7, 11) is 0. The molecular weight excluding hydrogens is 419 g/mol. The summed E-state index contributed by atoms with van der Waals surface area (Å²) >= 11 is 0. The summed E-state index contributed by atoms with van der Waals surface area (Å²) in [6.07, 6.45) is -1.25. The smallest absolute Gasteiger partial charge is 0.318 e. The molecule has 162 valence electrons. The minimum absolute atomic E-state index is 0.0761. The first-order chi connectivity index (χ1) is 14.6. The number of halogens is 5. The van der Waals surface area contributed by atoms with Crippen molar-refractivity contribution >= 4 is 10.8 Å². The number of benzene rings is 1. The van der Waals surface area contributed by atoms with Gasteiger partial charge in [-0.25, -0.2) is 18.7 Å². The number of nitrogens with two attached hydrogens (primary N) is 1. The molecule has 0 spiro atoms.